The number of carbonyl (C=O) groups excluding carboxylic acids is 2. The van der Waals surface area contributed by atoms with Gasteiger partial charge in [0.2, 0.25) is 5.78 Å². The SMILES string of the molecule is COc1cc(/C=C/C(=O)OC(C)C(=O)c2ccccc2)ccc1OCC#N. The molecule has 138 valence electrons. The molecule has 0 aliphatic carbocycles. The van der Waals surface area contributed by atoms with E-state index in [4.69, 9.17) is 19.5 Å². The summed E-state index contributed by atoms with van der Waals surface area (Å²) in [4.78, 5) is 24.2. The molecule has 0 N–H and O–H groups in total. The van der Waals surface area contributed by atoms with Crippen LogP contribution in [0.2, 0.25) is 0 Å². The third kappa shape index (κ3) is 5.72. The number of nitriles is 1. The van der Waals surface area contributed by atoms with Gasteiger partial charge in [-0.05, 0) is 30.7 Å². The van der Waals surface area contributed by atoms with Crippen LogP contribution < -0.4 is 9.47 Å². The molecular weight excluding hydrogens is 346 g/mol. The van der Waals surface area contributed by atoms with Gasteiger partial charge in [0, 0.05) is 11.6 Å². The minimum Gasteiger partial charge on any atom is -0.493 e. The highest BCUT2D eigenvalue weighted by molar-refractivity contribution is 6.01. The second-order valence-electron chi connectivity index (χ2n) is 5.50. The summed E-state index contributed by atoms with van der Waals surface area (Å²) >= 11 is 0. The summed E-state index contributed by atoms with van der Waals surface area (Å²) in [5, 5.41) is 8.57. The fourth-order valence-corrected chi connectivity index (χ4v) is 2.29. The van der Waals surface area contributed by atoms with Gasteiger partial charge in [-0.15, -0.1) is 0 Å². The van der Waals surface area contributed by atoms with E-state index in [1.807, 2.05) is 6.07 Å². The van der Waals surface area contributed by atoms with E-state index in [-0.39, 0.29) is 12.4 Å². The molecule has 2 aromatic rings. The lowest BCUT2D eigenvalue weighted by Gasteiger charge is -2.11. The van der Waals surface area contributed by atoms with Crippen molar-refractivity contribution in [2.75, 3.05) is 13.7 Å². The Morgan fingerprint density at radius 2 is 1.89 bits per heavy atom. The van der Waals surface area contributed by atoms with Crippen LogP contribution in [0.15, 0.2) is 54.6 Å². The highest BCUT2D eigenvalue weighted by atomic mass is 16.5. The summed E-state index contributed by atoms with van der Waals surface area (Å²) in [6, 6.07) is 15.5. The second-order valence-corrected chi connectivity index (χ2v) is 5.50. The van der Waals surface area contributed by atoms with Crippen LogP contribution in [0.25, 0.3) is 6.08 Å². The normalized spacial score (nSPS) is 11.4. The third-order valence-electron chi connectivity index (χ3n) is 3.61. The van der Waals surface area contributed by atoms with Gasteiger partial charge in [-0.2, -0.15) is 5.26 Å². The van der Waals surface area contributed by atoms with Crippen LogP contribution >= 0.6 is 0 Å². The zero-order valence-electron chi connectivity index (χ0n) is 15.0. The quantitative estimate of drug-likeness (QED) is 0.405. The van der Waals surface area contributed by atoms with Crippen molar-refractivity contribution in [1.29, 1.82) is 5.26 Å². The molecule has 27 heavy (non-hydrogen) atoms. The predicted octanol–water partition coefficient (Wildman–Crippen LogP) is 3.43. The first-order valence-electron chi connectivity index (χ1n) is 8.21. The van der Waals surface area contributed by atoms with Crippen molar-refractivity contribution in [3.8, 4) is 17.6 Å². The molecule has 0 saturated carbocycles. The Labute approximate surface area is 157 Å². The van der Waals surface area contributed by atoms with Crippen LogP contribution in [-0.2, 0) is 9.53 Å². The maximum atomic E-state index is 12.2. The van der Waals surface area contributed by atoms with Crippen LogP contribution in [-0.4, -0.2) is 31.6 Å². The minimum atomic E-state index is -0.888. The van der Waals surface area contributed by atoms with Crippen molar-refractivity contribution in [1.82, 2.24) is 0 Å². The molecule has 2 aromatic carbocycles. The van der Waals surface area contributed by atoms with Crippen molar-refractivity contribution in [3.05, 3.63) is 65.7 Å². The molecule has 1 unspecified atom stereocenters. The van der Waals surface area contributed by atoms with Crippen LogP contribution in [0.5, 0.6) is 11.5 Å². The molecule has 0 aromatic heterocycles. The van der Waals surface area contributed by atoms with Gasteiger partial charge >= 0.3 is 5.97 Å². The van der Waals surface area contributed by atoms with Gasteiger partial charge in [0.05, 0.1) is 7.11 Å². The lowest BCUT2D eigenvalue weighted by Crippen LogP contribution is -2.23. The number of ketones is 1. The van der Waals surface area contributed by atoms with Gasteiger partial charge in [0.1, 0.15) is 6.07 Å². The molecule has 0 fully saturated rings. The van der Waals surface area contributed by atoms with E-state index in [1.165, 1.54) is 20.1 Å². The molecule has 0 heterocycles. The lowest BCUT2D eigenvalue weighted by atomic mass is 10.1. The van der Waals surface area contributed by atoms with E-state index in [9.17, 15) is 9.59 Å². The predicted molar refractivity (Wildman–Crippen MR) is 99.5 cm³/mol. The number of nitrogens with zero attached hydrogens (tertiary/aromatic N) is 1. The second kappa shape index (κ2) is 9.78. The van der Waals surface area contributed by atoms with Gasteiger partial charge in [-0.3, -0.25) is 4.79 Å². The van der Waals surface area contributed by atoms with Crippen molar-refractivity contribution >= 4 is 17.8 Å². The number of rotatable bonds is 8. The van der Waals surface area contributed by atoms with Crippen molar-refractivity contribution in [3.63, 3.8) is 0 Å². The first-order valence-corrected chi connectivity index (χ1v) is 8.21. The topological polar surface area (TPSA) is 85.6 Å². The Bertz CT molecular complexity index is 868. The number of ether oxygens (including phenoxy) is 3. The van der Waals surface area contributed by atoms with E-state index in [1.54, 1.807) is 54.6 Å². The fraction of sp³-hybridized carbons (Fsp3) is 0.190. The molecule has 2 rings (SSSR count). The Morgan fingerprint density at radius 1 is 1.15 bits per heavy atom. The Kier molecular flexibility index (Phi) is 7.15. The van der Waals surface area contributed by atoms with E-state index < -0.39 is 12.1 Å². The van der Waals surface area contributed by atoms with E-state index in [0.717, 1.165) is 0 Å². The van der Waals surface area contributed by atoms with Gasteiger partial charge in [0.15, 0.2) is 24.2 Å². The largest absolute Gasteiger partial charge is 0.493 e. The van der Waals surface area contributed by atoms with Crippen molar-refractivity contribution < 1.29 is 23.8 Å². The number of hydrogen-bond donors (Lipinski definition) is 0. The Hall–Kier alpha value is -3.59. The van der Waals surface area contributed by atoms with Gasteiger partial charge in [-0.1, -0.05) is 36.4 Å². The highest BCUT2D eigenvalue weighted by Crippen LogP contribution is 2.28. The molecule has 0 saturated heterocycles. The molecule has 0 aliphatic rings. The summed E-state index contributed by atoms with van der Waals surface area (Å²) in [6.45, 7) is 1.44. The fourth-order valence-electron chi connectivity index (χ4n) is 2.29. The molecule has 0 aliphatic heterocycles. The van der Waals surface area contributed by atoms with Gasteiger partial charge < -0.3 is 14.2 Å². The molecule has 0 bridgehead atoms. The highest BCUT2D eigenvalue weighted by Gasteiger charge is 2.18. The molecule has 0 radical (unpaired) electrons. The van der Waals surface area contributed by atoms with Crippen LogP contribution in [0, 0.1) is 11.3 Å². The monoisotopic (exact) mass is 365 g/mol. The van der Waals surface area contributed by atoms with Crippen molar-refractivity contribution in [2.45, 2.75) is 13.0 Å². The Balaban J connectivity index is 1.99. The first-order chi connectivity index (χ1) is 13.0. The zero-order valence-corrected chi connectivity index (χ0v) is 15.0. The molecule has 0 amide bonds. The molecule has 0 spiro atoms. The van der Waals surface area contributed by atoms with Crippen molar-refractivity contribution in [2.24, 2.45) is 0 Å². The average Bonchev–Trinajstić information content (AvgIpc) is 2.70. The summed E-state index contributed by atoms with van der Waals surface area (Å²) in [5.41, 5.74) is 1.16. The van der Waals surface area contributed by atoms with Gasteiger partial charge in [0.25, 0.3) is 0 Å². The third-order valence-corrected chi connectivity index (χ3v) is 3.61. The van der Waals surface area contributed by atoms with Crippen LogP contribution in [0.3, 0.4) is 0 Å². The zero-order chi connectivity index (χ0) is 19.6. The average molecular weight is 365 g/mol. The summed E-state index contributed by atoms with van der Waals surface area (Å²) in [7, 11) is 1.48. The number of hydrogen-bond acceptors (Lipinski definition) is 6. The van der Waals surface area contributed by atoms with E-state index >= 15 is 0 Å². The maximum absolute atomic E-state index is 12.2. The molecular formula is C21H19NO5. The molecule has 6 heteroatoms. The van der Waals surface area contributed by atoms with Gasteiger partial charge in [-0.25, -0.2) is 4.79 Å². The number of benzene rings is 2. The summed E-state index contributed by atoms with van der Waals surface area (Å²) < 4.78 is 15.6. The van der Waals surface area contributed by atoms with E-state index in [0.29, 0.717) is 22.6 Å². The maximum Gasteiger partial charge on any atom is 0.331 e. The number of carbonyl (C=O) groups is 2. The van der Waals surface area contributed by atoms with Crippen LogP contribution in [0.1, 0.15) is 22.8 Å². The summed E-state index contributed by atoms with van der Waals surface area (Å²) in [5.74, 6) is -0.0252. The number of esters is 1. The Morgan fingerprint density at radius 3 is 2.56 bits per heavy atom. The first kappa shape index (κ1) is 19.7. The summed E-state index contributed by atoms with van der Waals surface area (Å²) in [6.07, 6.45) is 1.89. The standard InChI is InChI=1S/C21H19NO5/c1-15(21(24)17-6-4-3-5-7-17)27-20(23)11-9-16-8-10-18(26-13-12-22)19(14-16)25-2/h3-11,14-15H,13H2,1-2H3/b11-9+. The smallest absolute Gasteiger partial charge is 0.331 e. The van der Waals surface area contributed by atoms with E-state index in [2.05, 4.69) is 0 Å². The lowest BCUT2D eigenvalue weighted by molar-refractivity contribution is -0.140. The number of Topliss-reactive ketones (excluding diaryl/α,β-unsaturated/α-hetero) is 1. The molecule has 6 nitrogen and oxygen atoms in total. The number of methoxy groups -OCH3 is 1. The van der Waals surface area contributed by atoms with Crippen LogP contribution in [0.4, 0.5) is 0 Å². The minimum absolute atomic E-state index is 0.0921. The molecule has 1 atom stereocenters.